The summed E-state index contributed by atoms with van der Waals surface area (Å²) in [7, 11) is 0. The molecule has 1 amide bonds. The number of amides is 1. The number of carbonyl (C=O) groups excluding carboxylic acids is 1. The average molecular weight is 303 g/mol. The Labute approximate surface area is 122 Å². The van der Waals surface area contributed by atoms with Gasteiger partial charge in [-0.2, -0.15) is 13.2 Å². The van der Waals surface area contributed by atoms with Crippen LogP contribution in [0.5, 0.6) is 0 Å². The molecule has 1 rings (SSSR count). The van der Waals surface area contributed by atoms with Gasteiger partial charge in [-0.1, -0.05) is 19.9 Å². The molecule has 0 aromatic heterocycles. The van der Waals surface area contributed by atoms with Gasteiger partial charge in [0, 0.05) is 18.7 Å². The molecule has 6 heteroatoms. The van der Waals surface area contributed by atoms with Gasteiger partial charge >= 0.3 is 6.18 Å². The second kappa shape index (κ2) is 7.45. The number of hydrogen-bond acceptors (Lipinski definition) is 2. The molecule has 1 N–H and O–H groups in total. The minimum absolute atomic E-state index is 0.00298. The molecule has 0 aliphatic heterocycles. The number of halogens is 3. The quantitative estimate of drug-likeness (QED) is 0.816. The number of nitrogens with one attached hydrogen (secondary N) is 1. The van der Waals surface area contributed by atoms with Crippen LogP contribution in [0.3, 0.4) is 0 Å². The van der Waals surface area contributed by atoms with Gasteiger partial charge in [0.1, 0.15) is 0 Å². The number of ether oxygens (including phenoxy) is 1. The highest BCUT2D eigenvalue weighted by Crippen LogP contribution is 2.35. The third-order valence-electron chi connectivity index (χ3n) is 2.98. The van der Waals surface area contributed by atoms with E-state index in [2.05, 4.69) is 5.32 Å². The predicted octanol–water partition coefficient (Wildman–Crippen LogP) is 3.60. The molecule has 118 valence electrons. The van der Waals surface area contributed by atoms with Crippen molar-refractivity contribution in [2.45, 2.75) is 32.9 Å². The lowest BCUT2D eigenvalue weighted by molar-refractivity contribution is -0.138. The molecule has 0 saturated carbocycles. The maximum atomic E-state index is 13.1. The summed E-state index contributed by atoms with van der Waals surface area (Å²) in [5, 5.41) is 2.53. The van der Waals surface area contributed by atoms with E-state index in [1.165, 1.54) is 12.1 Å². The van der Waals surface area contributed by atoms with Crippen molar-refractivity contribution in [1.82, 2.24) is 5.32 Å². The summed E-state index contributed by atoms with van der Waals surface area (Å²) in [4.78, 5) is 11.8. The molecule has 1 aromatic carbocycles. The molecule has 21 heavy (non-hydrogen) atoms. The van der Waals surface area contributed by atoms with Crippen LogP contribution in [0.1, 0.15) is 48.2 Å². The largest absolute Gasteiger partial charge is 0.416 e. The van der Waals surface area contributed by atoms with E-state index in [0.717, 1.165) is 6.07 Å². The lowest BCUT2D eigenvalue weighted by atomic mass is 9.94. The van der Waals surface area contributed by atoms with Crippen LogP contribution in [-0.4, -0.2) is 25.7 Å². The van der Waals surface area contributed by atoms with E-state index in [0.29, 0.717) is 13.2 Å². The first-order valence-electron chi connectivity index (χ1n) is 6.84. The standard InChI is InChI=1S/C15H20F3NO2/c1-4-21-8-7-19-14(20)11-5-6-12(10(2)3)13(9-11)15(16,17)18/h5-6,9-10H,4,7-8H2,1-3H3,(H,19,20). The van der Waals surface area contributed by atoms with Gasteiger partial charge in [0.25, 0.3) is 5.91 Å². The summed E-state index contributed by atoms with van der Waals surface area (Å²) in [6.07, 6.45) is -4.47. The molecule has 0 saturated heterocycles. The Morgan fingerprint density at radius 3 is 2.52 bits per heavy atom. The Bertz CT molecular complexity index is 484. The van der Waals surface area contributed by atoms with Crippen LogP contribution in [0.4, 0.5) is 13.2 Å². The first-order chi connectivity index (χ1) is 9.77. The van der Waals surface area contributed by atoms with Crippen molar-refractivity contribution in [2.75, 3.05) is 19.8 Å². The zero-order valence-corrected chi connectivity index (χ0v) is 12.4. The lowest BCUT2D eigenvalue weighted by Crippen LogP contribution is -2.27. The van der Waals surface area contributed by atoms with Crippen molar-refractivity contribution in [3.05, 3.63) is 34.9 Å². The van der Waals surface area contributed by atoms with Crippen molar-refractivity contribution >= 4 is 5.91 Å². The molecule has 0 unspecified atom stereocenters. The summed E-state index contributed by atoms with van der Waals surface area (Å²) in [5.41, 5.74) is -0.563. The Balaban J connectivity index is 2.92. The molecule has 0 fully saturated rings. The van der Waals surface area contributed by atoms with Gasteiger partial charge < -0.3 is 10.1 Å². The van der Waals surface area contributed by atoms with Crippen LogP contribution in [-0.2, 0) is 10.9 Å². The van der Waals surface area contributed by atoms with Crippen LogP contribution in [0.25, 0.3) is 0 Å². The fraction of sp³-hybridized carbons (Fsp3) is 0.533. The molecular weight excluding hydrogens is 283 g/mol. The number of hydrogen-bond donors (Lipinski definition) is 1. The van der Waals surface area contributed by atoms with E-state index >= 15 is 0 Å². The van der Waals surface area contributed by atoms with E-state index in [9.17, 15) is 18.0 Å². The van der Waals surface area contributed by atoms with Gasteiger partial charge in [0.15, 0.2) is 0 Å². The number of alkyl halides is 3. The lowest BCUT2D eigenvalue weighted by Gasteiger charge is -2.16. The topological polar surface area (TPSA) is 38.3 Å². The summed E-state index contributed by atoms with van der Waals surface area (Å²) in [6.45, 7) is 6.32. The Morgan fingerprint density at radius 2 is 2.00 bits per heavy atom. The van der Waals surface area contributed by atoms with E-state index in [1.807, 2.05) is 6.92 Å². The SMILES string of the molecule is CCOCCNC(=O)c1ccc(C(C)C)c(C(F)(F)F)c1. The Hall–Kier alpha value is -1.56. The second-order valence-corrected chi connectivity index (χ2v) is 4.91. The summed E-state index contributed by atoms with van der Waals surface area (Å²) in [5.74, 6) is -0.799. The molecule has 3 nitrogen and oxygen atoms in total. The van der Waals surface area contributed by atoms with Gasteiger partial charge in [0.05, 0.1) is 12.2 Å². The normalized spacial score (nSPS) is 11.8. The summed E-state index contributed by atoms with van der Waals surface area (Å²) in [6, 6.07) is 3.69. The fourth-order valence-electron chi connectivity index (χ4n) is 1.93. The third-order valence-corrected chi connectivity index (χ3v) is 2.98. The highest BCUT2D eigenvalue weighted by atomic mass is 19.4. The average Bonchev–Trinajstić information content (AvgIpc) is 2.41. The van der Waals surface area contributed by atoms with Gasteiger partial charge in [-0.25, -0.2) is 0 Å². The van der Waals surface area contributed by atoms with E-state index in [-0.39, 0.29) is 23.6 Å². The number of carbonyl (C=O) groups is 1. The monoisotopic (exact) mass is 303 g/mol. The molecule has 0 aliphatic carbocycles. The van der Waals surface area contributed by atoms with Gasteiger partial charge in [0.2, 0.25) is 0 Å². The van der Waals surface area contributed by atoms with Crippen LogP contribution < -0.4 is 5.32 Å². The molecule has 0 radical (unpaired) electrons. The smallest absolute Gasteiger partial charge is 0.380 e. The first kappa shape index (κ1) is 17.5. The second-order valence-electron chi connectivity index (χ2n) is 4.91. The molecule has 0 spiro atoms. The highest BCUT2D eigenvalue weighted by molar-refractivity contribution is 5.94. The summed E-state index contributed by atoms with van der Waals surface area (Å²) < 4.78 is 44.2. The van der Waals surface area contributed by atoms with E-state index < -0.39 is 17.6 Å². The minimum atomic E-state index is -4.47. The highest BCUT2D eigenvalue weighted by Gasteiger charge is 2.34. The van der Waals surface area contributed by atoms with E-state index in [1.54, 1.807) is 13.8 Å². The summed E-state index contributed by atoms with van der Waals surface area (Å²) >= 11 is 0. The van der Waals surface area contributed by atoms with Crippen molar-refractivity contribution in [1.29, 1.82) is 0 Å². The maximum absolute atomic E-state index is 13.1. The van der Waals surface area contributed by atoms with Crippen LogP contribution in [0.15, 0.2) is 18.2 Å². The van der Waals surface area contributed by atoms with Gasteiger partial charge in [-0.3, -0.25) is 4.79 Å². The van der Waals surface area contributed by atoms with Crippen molar-refractivity contribution in [2.24, 2.45) is 0 Å². The molecule has 0 aliphatic rings. The zero-order chi connectivity index (χ0) is 16.0. The third kappa shape index (κ3) is 5.04. The fourth-order valence-corrected chi connectivity index (χ4v) is 1.93. The van der Waals surface area contributed by atoms with Crippen LogP contribution >= 0.6 is 0 Å². The van der Waals surface area contributed by atoms with Crippen molar-refractivity contribution in [3.8, 4) is 0 Å². The van der Waals surface area contributed by atoms with Crippen molar-refractivity contribution < 1.29 is 22.7 Å². The van der Waals surface area contributed by atoms with Crippen LogP contribution in [0.2, 0.25) is 0 Å². The Morgan fingerprint density at radius 1 is 1.33 bits per heavy atom. The molecule has 1 aromatic rings. The Kier molecular flexibility index (Phi) is 6.20. The van der Waals surface area contributed by atoms with E-state index in [4.69, 9.17) is 4.74 Å². The number of benzene rings is 1. The van der Waals surface area contributed by atoms with Gasteiger partial charge in [-0.05, 0) is 30.5 Å². The van der Waals surface area contributed by atoms with Crippen molar-refractivity contribution in [3.63, 3.8) is 0 Å². The molecule has 0 heterocycles. The maximum Gasteiger partial charge on any atom is 0.416 e. The minimum Gasteiger partial charge on any atom is -0.380 e. The number of rotatable bonds is 6. The van der Waals surface area contributed by atoms with Crippen LogP contribution in [0, 0.1) is 0 Å². The molecule has 0 atom stereocenters. The first-order valence-corrected chi connectivity index (χ1v) is 6.84. The predicted molar refractivity (Wildman–Crippen MR) is 74.4 cm³/mol. The molecular formula is C15H20F3NO2. The molecule has 0 bridgehead atoms. The zero-order valence-electron chi connectivity index (χ0n) is 12.4. The van der Waals surface area contributed by atoms with Gasteiger partial charge in [-0.15, -0.1) is 0 Å².